The molecule has 0 unspecified atom stereocenters. The van der Waals surface area contributed by atoms with E-state index in [1.54, 1.807) is 34.6 Å². The van der Waals surface area contributed by atoms with Crippen LogP contribution in [0.25, 0.3) is 0 Å². The van der Waals surface area contributed by atoms with E-state index in [0.29, 0.717) is 0 Å². The van der Waals surface area contributed by atoms with Gasteiger partial charge in [0, 0.05) is 5.92 Å². The normalized spacial score (nSPS) is 13.1. The zero-order valence-electron chi connectivity index (χ0n) is 11.3. The molecule has 0 rings (SSSR count). The van der Waals surface area contributed by atoms with E-state index in [9.17, 15) is 14.4 Å². The highest BCUT2D eigenvalue weighted by molar-refractivity contribution is 5.92. The number of hydrogen-bond donors (Lipinski definition) is 1. The highest BCUT2D eigenvalue weighted by Crippen LogP contribution is 2.15. The van der Waals surface area contributed by atoms with Crippen molar-refractivity contribution in [1.29, 1.82) is 0 Å². The number of nitrogens with one attached hydrogen (secondary N) is 1. The Morgan fingerprint density at radius 3 is 1.88 bits per heavy atom. The second-order valence-electron chi connectivity index (χ2n) is 5.34. The van der Waals surface area contributed by atoms with Gasteiger partial charge in [0.05, 0.1) is 5.41 Å². The lowest BCUT2D eigenvalue weighted by atomic mass is 9.97. The highest BCUT2D eigenvalue weighted by Gasteiger charge is 2.28. The number of esters is 2. The molecule has 0 bridgehead atoms. The van der Waals surface area contributed by atoms with Crippen molar-refractivity contribution in [2.45, 2.75) is 47.6 Å². The average Bonchev–Trinajstić information content (AvgIpc) is 2.15. The van der Waals surface area contributed by atoms with Crippen LogP contribution in [0, 0.1) is 11.3 Å². The smallest absolute Gasteiger partial charge is 0.335 e. The highest BCUT2D eigenvalue weighted by atomic mass is 16.6. The first-order valence-corrected chi connectivity index (χ1v) is 5.62. The fourth-order valence-electron chi connectivity index (χ4n) is 0.772. The largest absolute Gasteiger partial charge is 0.391 e. The fraction of sp³-hybridized carbons (Fsp3) is 0.750. The molecular weight excluding hydrogens is 222 g/mol. The van der Waals surface area contributed by atoms with E-state index in [1.807, 2.05) is 0 Å². The second-order valence-corrected chi connectivity index (χ2v) is 5.34. The van der Waals surface area contributed by atoms with Crippen LogP contribution >= 0.6 is 0 Å². The van der Waals surface area contributed by atoms with Crippen molar-refractivity contribution < 1.29 is 19.1 Å². The predicted octanol–water partition coefficient (Wildman–Crippen LogP) is 1.26. The number of carbonyl (C=O) groups is 3. The lowest BCUT2D eigenvalue weighted by Gasteiger charge is -2.18. The van der Waals surface area contributed by atoms with E-state index in [2.05, 4.69) is 10.1 Å². The average molecular weight is 243 g/mol. The van der Waals surface area contributed by atoms with Crippen LogP contribution in [-0.4, -0.2) is 23.9 Å². The molecule has 0 saturated carbocycles. The van der Waals surface area contributed by atoms with E-state index in [4.69, 9.17) is 0 Å². The molecule has 98 valence electrons. The lowest BCUT2D eigenvalue weighted by Crippen LogP contribution is -2.43. The van der Waals surface area contributed by atoms with Gasteiger partial charge in [-0.2, -0.15) is 0 Å². The first-order valence-electron chi connectivity index (χ1n) is 5.62. The van der Waals surface area contributed by atoms with Gasteiger partial charge in [0.1, 0.15) is 6.04 Å². The van der Waals surface area contributed by atoms with E-state index >= 15 is 0 Å². The molecule has 0 saturated heterocycles. The maximum atomic E-state index is 11.5. The fourth-order valence-corrected chi connectivity index (χ4v) is 0.772. The first kappa shape index (κ1) is 15.6. The molecule has 0 fully saturated rings. The molecule has 0 aliphatic carbocycles. The van der Waals surface area contributed by atoms with E-state index in [-0.39, 0.29) is 11.8 Å². The molecule has 17 heavy (non-hydrogen) atoms. The van der Waals surface area contributed by atoms with Gasteiger partial charge >= 0.3 is 11.9 Å². The van der Waals surface area contributed by atoms with Crippen LogP contribution < -0.4 is 5.32 Å². The summed E-state index contributed by atoms with van der Waals surface area (Å²) in [6, 6.07) is -0.823. The third kappa shape index (κ3) is 5.47. The summed E-state index contributed by atoms with van der Waals surface area (Å²) >= 11 is 0. The van der Waals surface area contributed by atoms with E-state index in [0.717, 1.165) is 0 Å². The summed E-state index contributed by atoms with van der Waals surface area (Å²) in [5, 5.41) is 2.47. The molecule has 1 N–H and O–H groups in total. The Bertz CT molecular complexity index is 315. The molecule has 1 atom stereocenters. The maximum Gasteiger partial charge on any atom is 0.335 e. The number of rotatable bonds is 3. The van der Waals surface area contributed by atoms with Crippen molar-refractivity contribution in [3.05, 3.63) is 0 Å². The summed E-state index contributed by atoms with van der Waals surface area (Å²) in [5.74, 6) is -1.81. The molecule has 0 aromatic heterocycles. The van der Waals surface area contributed by atoms with Gasteiger partial charge in [0.2, 0.25) is 5.91 Å². The molecule has 1 amide bonds. The van der Waals surface area contributed by atoms with Crippen molar-refractivity contribution in [1.82, 2.24) is 5.32 Å². The molecular formula is C12H21NO4. The van der Waals surface area contributed by atoms with Crippen LogP contribution in [0.1, 0.15) is 41.5 Å². The number of carbonyl (C=O) groups excluding carboxylic acids is 3. The second kappa shape index (κ2) is 5.80. The van der Waals surface area contributed by atoms with Gasteiger partial charge in [0.15, 0.2) is 0 Å². The van der Waals surface area contributed by atoms with E-state index < -0.39 is 23.4 Å². The molecule has 0 spiro atoms. The summed E-state index contributed by atoms with van der Waals surface area (Å²) < 4.78 is 4.66. The number of ether oxygens (including phenoxy) is 1. The minimum atomic E-state index is -0.823. The molecule has 0 heterocycles. The Balaban J connectivity index is 4.34. The summed E-state index contributed by atoms with van der Waals surface area (Å²) in [4.78, 5) is 34.3. The summed E-state index contributed by atoms with van der Waals surface area (Å²) in [7, 11) is 0. The summed E-state index contributed by atoms with van der Waals surface area (Å²) in [5.41, 5.74) is -0.739. The molecule has 5 heteroatoms. The zero-order valence-corrected chi connectivity index (χ0v) is 11.3. The Morgan fingerprint density at radius 2 is 1.53 bits per heavy atom. The topological polar surface area (TPSA) is 72.5 Å². The number of amides is 1. The van der Waals surface area contributed by atoms with Crippen molar-refractivity contribution in [3.8, 4) is 0 Å². The van der Waals surface area contributed by atoms with Gasteiger partial charge in [-0.3, -0.25) is 9.59 Å². The molecule has 0 aliphatic rings. The van der Waals surface area contributed by atoms with Crippen molar-refractivity contribution in [2.75, 3.05) is 0 Å². The lowest BCUT2D eigenvalue weighted by molar-refractivity contribution is -0.167. The Hall–Kier alpha value is -1.39. The monoisotopic (exact) mass is 243 g/mol. The van der Waals surface area contributed by atoms with Crippen LogP contribution in [0.4, 0.5) is 0 Å². The first-order chi connectivity index (χ1) is 7.55. The van der Waals surface area contributed by atoms with Gasteiger partial charge in [-0.25, -0.2) is 4.79 Å². The molecule has 0 aromatic rings. The molecule has 0 aliphatic heterocycles. The van der Waals surface area contributed by atoms with Crippen LogP contribution in [0.5, 0.6) is 0 Å². The Kier molecular flexibility index (Phi) is 5.32. The molecule has 0 aromatic carbocycles. The van der Waals surface area contributed by atoms with Crippen molar-refractivity contribution >= 4 is 17.8 Å². The van der Waals surface area contributed by atoms with Gasteiger partial charge in [-0.1, -0.05) is 13.8 Å². The van der Waals surface area contributed by atoms with Crippen LogP contribution in [0.3, 0.4) is 0 Å². The van der Waals surface area contributed by atoms with Crippen LogP contribution in [0.15, 0.2) is 0 Å². The Labute approximate surface area is 102 Å². The van der Waals surface area contributed by atoms with Gasteiger partial charge < -0.3 is 10.1 Å². The summed E-state index contributed by atoms with van der Waals surface area (Å²) in [6.07, 6.45) is 0. The van der Waals surface area contributed by atoms with Crippen LogP contribution in [-0.2, 0) is 19.1 Å². The molecule has 0 radical (unpaired) electrons. The minimum Gasteiger partial charge on any atom is -0.391 e. The van der Waals surface area contributed by atoms with Crippen LogP contribution in [0.2, 0.25) is 0 Å². The Morgan fingerprint density at radius 1 is 1.06 bits per heavy atom. The third-order valence-corrected chi connectivity index (χ3v) is 2.04. The third-order valence-electron chi connectivity index (χ3n) is 2.04. The SMILES string of the molecule is CC(C)C(=O)N[C@@H](C)C(=O)OC(=O)C(C)(C)C. The summed E-state index contributed by atoms with van der Waals surface area (Å²) in [6.45, 7) is 9.87. The van der Waals surface area contributed by atoms with Crippen molar-refractivity contribution in [2.24, 2.45) is 11.3 Å². The van der Waals surface area contributed by atoms with Gasteiger partial charge in [-0.05, 0) is 27.7 Å². The van der Waals surface area contributed by atoms with Gasteiger partial charge in [-0.15, -0.1) is 0 Å². The number of hydrogen-bond acceptors (Lipinski definition) is 4. The molecule has 5 nitrogen and oxygen atoms in total. The maximum absolute atomic E-state index is 11.5. The zero-order chi connectivity index (χ0) is 13.8. The van der Waals surface area contributed by atoms with Gasteiger partial charge in [0.25, 0.3) is 0 Å². The predicted molar refractivity (Wildman–Crippen MR) is 63.0 cm³/mol. The van der Waals surface area contributed by atoms with Crippen molar-refractivity contribution in [3.63, 3.8) is 0 Å². The quantitative estimate of drug-likeness (QED) is 0.598. The standard InChI is InChI=1S/C12H21NO4/c1-7(2)9(14)13-8(3)10(15)17-11(16)12(4,5)6/h7-8H,1-6H3,(H,13,14)/t8-/m0/s1. The minimum absolute atomic E-state index is 0.219. The van der Waals surface area contributed by atoms with E-state index in [1.165, 1.54) is 6.92 Å².